The van der Waals surface area contributed by atoms with Crippen LogP contribution in [0, 0.1) is 0 Å². The van der Waals surface area contributed by atoms with Crippen LogP contribution in [0.5, 0.6) is 0 Å². The lowest BCUT2D eigenvalue weighted by atomic mass is 10.0. The van der Waals surface area contributed by atoms with Gasteiger partial charge in [-0.3, -0.25) is 9.98 Å². The van der Waals surface area contributed by atoms with Crippen molar-refractivity contribution in [1.29, 1.82) is 0 Å². The molecule has 112 valence electrons. The van der Waals surface area contributed by atoms with Crippen molar-refractivity contribution in [2.24, 2.45) is 4.99 Å². The van der Waals surface area contributed by atoms with Gasteiger partial charge < -0.3 is 5.32 Å². The molecular formula is C15H10F3N3S. The van der Waals surface area contributed by atoms with Crippen LogP contribution < -0.4 is 5.32 Å². The van der Waals surface area contributed by atoms with Gasteiger partial charge in [0.1, 0.15) is 4.99 Å². The molecule has 0 radical (unpaired) electrons. The zero-order valence-corrected chi connectivity index (χ0v) is 12.0. The highest BCUT2D eigenvalue weighted by atomic mass is 32.1. The summed E-state index contributed by atoms with van der Waals surface area (Å²) in [6.45, 7) is 0.206. The molecule has 0 bridgehead atoms. The molecule has 2 aromatic rings. The van der Waals surface area contributed by atoms with Crippen molar-refractivity contribution in [3.05, 3.63) is 59.4 Å². The molecule has 1 aromatic carbocycles. The van der Waals surface area contributed by atoms with E-state index in [1.54, 1.807) is 24.4 Å². The fourth-order valence-corrected chi connectivity index (χ4v) is 2.35. The van der Waals surface area contributed by atoms with Crippen molar-refractivity contribution in [2.75, 3.05) is 11.9 Å². The molecule has 22 heavy (non-hydrogen) atoms. The number of benzodiazepines with no additional fused rings is 1. The predicted molar refractivity (Wildman–Crippen MR) is 82.4 cm³/mol. The molecule has 3 rings (SSSR count). The van der Waals surface area contributed by atoms with Crippen molar-refractivity contribution in [3.63, 3.8) is 0 Å². The van der Waals surface area contributed by atoms with E-state index in [9.17, 15) is 13.2 Å². The number of anilines is 1. The van der Waals surface area contributed by atoms with Gasteiger partial charge in [0.25, 0.3) is 0 Å². The van der Waals surface area contributed by atoms with Gasteiger partial charge in [-0.15, -0.1) is 0 Å². The van der Waals surface area contributed by atoms with E-state index in [0.29, 0.717) is 27.6 Å². The Hall–Kier alpha value is -2.28. The summed E-state index contributed by atoms with van der Waals surface area (Å²) in [5.74, 6) is 0. The Morgan fingerprint density at radius 2 is 1.95 bits per heavy atom. The molecule has 7 heteroatoms. The van der Waals surface area contributed by atoms with E-state index in [1.165, 1.54) is 6.07 Å². The highest BCUT2D eigenvalue weighted by Crippen LogP contribution is 2.33. The number of nitrogens with one attached hydrogen (secondary N) is 1. The second kappa shape index (κ2) is 5.49. The van der Waals surface area contributed by atoms with Crippen LogP contribution in [-0.2, 0) is 6.18 Å². The number of aromatic nitrogens is 1. The van der Waals surface area contributed by atoms with Crippen LogP contribution in [-0.4, -0.2) is 22.2 Å². The van der Waals surface area contributed by atoms with E-state index < -0.39 is 11.7 Å². The fourth-order valence-electron chi connectivity index (χ4n) is 2.17. The molecular weight excluding hydrogens is 311 g/mol. The second-order valence-electron chi connectivity index (χ2n) is 4.69. The lowest BCUT2D eigenvalue weighted by molar-refractivity contribution is -0.137. The van der Waals surface area contributed by atoms with Gasteiger partial charge in [0, 0.05) is 17.4 Å². The Kier molecular flexibility index (Phi) is 3.66. The molecule has 0 saturated heterocycles. The Bertz CT molecular complexity index is 754. The Labute approximate surface area is 129 Å². The van der Waals surface area contributed by atoms with Gasteiger partial charge >= 0.3 is 6.18 Å². The zero-order valence-electron chi connectivity index (χ0n) is 11.2. The molecule has 1 N–H and O–H groups in total. The third kappa shape index (κ3) is 2.85. The van der Waals surface area contributed by atoms with E-state index >= 15 is 0 Å². The maximum atomic E-state index is 13.0. The quantitative estimate of drug-likeness (QED) is 0.814. The highest BCUT2D eigenvalue weighted by molar-refractivity contribution is 7.80. The minimum Gasteiger partial charge on any atom is -0.348 e. The third-order valence-electron chi connectivity index (χ3n) is 3.16. The van der Waals surface area contributed by atoms with Gasteiger partial charge in [-0.1, -0.05) is 18.3 Å². The number of hydrogen-bond acceptors (Lipinski definition) is 3. The van der Waals surface area contributed by atoms with E-state index in [2.05, 4.69) is 15.3 Å². The van der Waals surface area contributed by atoms with E-state index in [1.807, 2.05) is 0 Å². The molecule has 2 heterocycles. The van der Waals surface area contributed by atoms with Crippen LogP contribution in [0.25, 0.3) is 0 Å². The number of fused-ring (bicyclic) bond motifs is 1. The van der Waals surface area contributed by atoms with E-state index in [4.69, 9.17) is 12.2 Å². The van der Waals surface area contributed by atoms with Crippen molar-refractivity contribution < 1.29 is 13.2 Å². The summed E-state index contributed by atoms with van der Waals surface area (Å²) in [6.07, 6.45) is -2.85. The summed E-state index contributed by atoms with van der Waals surface area (Å²) in [4.78, 5) is 8.95. The molecule has 3 nitrogen and oxygen atoms in total. The zero-order chi connectivity index (χ0) is 15.7. The van der Waals surface area contributed by atoms with Gasteiger partial charge in [0.2, 0.25) is 0 Å². The van der Waals surface area contributed by atoms with Crippen LogP contribution in [0.15, 0.2) is 47.6 Å². The average Bonchev–Trinajstić information content (AvgIpc) is 2.65. The first-order valence-electron chi connectivity index (χ1n) is 6.42. The largest absolute Gasteiger partial charge is 0.416 e. The number of nitrogens with zero attached hydrogens (tertiary/aromatic N) is 2. The summed E-state index contributed by atoms with van der Waals surface area (Å²) < 4.78 is 38.9. The summed E-state index contributed by atoms with van der Waals surface area (Å²) in [5.41, 5.74) is 1.02. The topological polar surface area (TPSA) is 37.3 Å². The lowest BCUT2D eigenvalue weighted by Crippen LogP contribution is -2.13. The van der Waals surface area contributed by atoms with Gasteiger partial charge in [0.15, 0.2) is 0 Å². The molecule has 0 unspecified atom stereocenters. The summed E-state index contributed by atoms with van der Waals surface area (Å²) in [7, 11) is 0. The SMILES string of the molecule is FC(F)(F)c1ccc2c(c1)C(c1ccccn1)=NCC(=S)N2. The number of pyridine rings is 1. The smallest absolute Gasteiger partial charge is 0.348 e. The summed E-state index contributed by atoms with van der Waals surface area (Å²) >= 11 is 5.12. The number of rotatable bonds is 1. The number of hydrogen-bond donors (Lipinski definition) is 1. The fraction of sp³-hybridized carbons (Fsp3) is 0.133. The first-order chi connectivity index (χ1) is 10.4. The summed E-state index contributed by atoms with van der Waals surface area (Å²) in [6, 6.07) is 8.66. The van der Waals surface area contributed by atoms with Crippen LogP contribution in [0.2, 0.25) is 0 Å². The van der Waals surface area contributed by atoms with Crippen LogP contribution in [0.1, 0.15) is 16.8 Å². The van der Waals surface area contributed by atoms with Crippen molar-refractivity contribution in [3.8, 4) is 0 Å². The molecule has 1 aromatic heterocycles. The maximum Gasteiger partial charge on any atom is 0.416 e. The number of thiocarbonyl (C=S) groups is 1. The number of aliphatic imine (C=N–C) groups is 1. The molecule has 1 aliphatic heterocycles. The second-order valence-corrected chi connectivity index (χ2v) is 5.18. The van der Waals surface area contributed by atoms with Crippen molar-refractivity contribution in [2.45, 2.75) is 6.18 Å². The summed E-state index contributed by atoms with van der Waals surface area (Å²) in [5, 5.41) is 2.92. The molecule has 0 spiro atoms. The number of benzene rings is 1. The van der Waals surface area contributed by atoms with Crippen LogP contribution in [0.3, 0.4) is 0 Å². The number of alkyl halides is 3. The van der Waals surface area contributed by atoms with E-state index in [-0.39, 0.29) is 6.54 Å². The molecule has 1 aliphatic rings. The minimum absolute atomic E-state index is 0.206. The first-order valence-corrected chi connectivity index (χ1v) is 6.83. The van der Waals surface area contributed by atoms with Gasteiger partial charge in [0.05, 0.1) is 23.5 Å². The van der Waals surface area contributed by atoms with Crippen LogP contribution in [0.4, 0.5) is 18.9 Å². The molecule has 0 amide bonds. The lowest BCUT2D eigenvalue weighted by Gasteiger charge is -2.13. The Morgan fingerprint density at radius 1 is 1.14 bits per heavy atom. The van der Waals surface area contributed by atoms with Crippen LogP contribution >= 0.6 is 12.2 Å². The monoisotopic (exact) mass is 321 g/mol. The molecule has 0 saturated carbocycles. The van der Waals surface area contributed by atoms with Gasteiger partial charge in [-0.25, -0.2) is 0 Å². The third-order valence-corrected chi connectivity index (χ3v) is 3.40. The minimum atomic E-state index is -4.42. The maximum absolute atomic E-state index is 13.0. The average molecular weight is 321 g/mol. The van der Waals surface area contributed by atoms with Crippen molar-refractivity contribution >= 4 is 28.6 Å². The molecule has 0 fully saturated rings. The Morgan fingerprint density at radius 3 is 2.64 bits per heavy atom. The predicted octanol–water partition coefficient (Wildman–Crippen LogP) is 3.69. The van der Waals surface area contributed by atoms with Gasteiger partial charge in [-0.05, 0) is 30.3 Å². The normalized spacial score (nSPS) is 14.7. The van der Waals surface area contributed by atoms with Crippen molar-refractivity contribution in [1.82, 2.24) is 4.98 Å². The highest BCUT2D eigenvalue weighted by Gasteiger charge is 2.32. The van der Waals surface area contributed by atoms with Gasteiger partial charge in [-0.2, -0.15) is 13.2 Å². The number of halogens is 3. The standard InChI is InChI=1S/C15H10F3N3S/c16-15(17,18)9-4-5-11-10(7-9)14(20-8-13(22)21-11)12-3-1-2-6-19-12/h1-7H,8H2,(H,21,22). The Balaban J connectivity index is 2.19. The van der Waals surface area contributed by atoms with E-state index in [0.717, 1.165) is 12.1 Å². The molecule has 0 aliphatic carbocycles. The molecule has 0 atom stereocenters. The first kappa shape index (κ1) is 14.6.